The second-order valence-corrected chi connectivity index (χ2v) is 6.07. The van der Waals surface area contributed by atoms with Crippen molar-refractivity contribution in [2.75, 3.05) is 18.3 Å². The molecule has 2 aromatic rings. The molecule has 1 aliphatic rings. The van der Waals surface area contributed by atoms with Gasteiger partial charge < -0.3 is 19.2 Å². The van der Waals surface area contributed by atoms with Crippen LogP contribution in [0, 0.1) is 0 Å². The van der Waals surface area contributed by atoms with Crippen molar-refractivity contribution in [3.8, 4) is 0 Å². The Morgan fingerprint density at radius 2 is 2.40 bits per heavy atom. The van der Waals surface area contributed by atoms with Gasteiger partial charge in [0.2, 0.25) is 0 Å². The van der Waals surface area contributed by atoms with Crippen molar-refractivity contribution in [3.63, 3.8) is 0 Å². The maximum absolute atomic E-state index is 10.7. The molecule has 108 valence electrons. The molecule has 0 amide bonds. The lowest BCUT2D eigenvalue weighted by Gasteiger charge is -2.18. The van der Waals surface area contributed by atoms with Crippen molar-refractivity contribution in [1.82, 2.24) is 9.88 Å². The van der Waals surface area contributed by atoms with E-state index in [1.165, 1.54) is 18.4 Å². The number of hydrogen-bond donors (Lipinski definition) is 2. The van der Waals surface area contributed by atoms with Crippen LogP contribution in [0.5, 0.6) is 0 Å². The van der Waals surface area contributed by atoms with Gasteiger partial charge in [-0.3, -0.25) is 4.21 Å². The van der Waals surface area contributed by atoms with E-state index in [2.05, 4.69) is 21.7 Å². The fourth-order valence-electron chi connectivity index (χ4n) is 3.00. The summed E-state index contributed by atoms with van der Waals surface area (Å²) in [7, 11) is 2.17. The Morgan fingerprint density at radius 3 is 3.10 bits per heavy atom. The van der Waals surface area contributed by atoms with Gasteiger partial charge >= 0.3 is 0 Å². The Labute approximate surface area is 120 Å². The molecule has 2 atom stereocenters. The van der Waals surface area contributed by atoms with Crippen LogP contribution >= 0.6 is 0 Å². The Hall–Kier alpha value is -1.37. The van der Waals surface area contributed by atoms with Gasteiger partial charge in [0, 0.05) is 40.1 Å². The van der Waals surface area contributed by atoms with E-state index in [9.17, 15) is 8.76 Å². The third-order valence-electron chi connectivity index (χ3n) is 4.10. The van der Waals surface area contributed by atoms with E-state index in [1.807, 2.05) is 18.3 Å². The minimum Gasteiger partial charge on any atom is -0.755 e. The number of likely N-dealkylation sites (N-methyl/N-ethyl adjacent to an activating group) is 1. The van der Waals surface area contributed by atoms with E-state index in [4.69, 9.17) is 0 Å². The molecule has 0 radical (unpaired) electrons. The lowest BCUT2D eigenvalue weighted by Crippen LogP contribution is -2.26. The summed E-state index contributed by atoms with van der Waals surface area (Å²) in [5.74, 6) is 0. The predicted molar refractivity (Wildman–Crippen MR) is 80.2 cm³/mol. The number of likely N-dealkylation sites (tertiary alicyclic amines) is 1. The molecule has 3 rings (SSSR count). The van der Waals surface area contributed by atoms with Crippen LogP contribution in [0.15, 0.2) is 24.4 Å². The first-order valence-electron chi connectivity index (χ1n) is 6.79. The zero-order chi connectivity index (χ0) is 14.1. The molecular weight excluding hydrogens is 274 g/mol. The van der Waals surface area contributed by atoms with E-state index in [-0.39, 0.29) is 0 Å². The topological polar surface area (TPSA) is 71.2 Å². The summed E-state index contributed by atoms with van der Waals surface area (Å²) in [5.41, 5.74) is 2.90. The number of H-pyrrole nitrogens is 1. The van der Waals surface area contributed by atoms with Crippen LogP contribution in [-0.2, 0) is 17.7 Å². The summed E-state index contributed by atoms with van der Waals surface area (Å²) in [6.45, 7) is 1.16. The first-order valence-corrected chi connectivity index (χ1v) is 7.87. The fraction of sp³-hybridized carbons (Fsp3) is 0.429. The largest absolute Gasteiger partial charge is 0.755 e. The molecule has 20 heavy (non-hydrogen) atoms. The molecule has 1 aromatic carbocycles. The van der Waals surface area contributed by atoms with Gasteiger partial charge in [-0.15, -0.1) is 0 Å². The molecular formula is C14H18N3O2S-. The van der Waals surface area contributed by atoms with Gasteiger partial charge in [-0.2, -0.15) is 0 Å². The molecule has 2 unspecified atom stereocenters. The molecule has 0 bridgehead atoms. The van der Waals surface area contributed by atoms with E-state index in [1.54, 1.807) is 6.07 Å². The summed E-state index contributed by atoms with van der Waals surface area (Å²) in [6, 6.07) is 6.15. The van der Waals surface area contributed by atoms with Crippen LogP contribution in [-0.4, -0.2) is 38.3 Å². The average molecular weight is 292 g/mol. The van der Waals surface area contributed by atoms with Gasteiger partial charge in [0.25, 0.3) is 0 Å². The Kier molecular flexibility index (Phi) is 3.78. The van der Waals surface area contributed by atoms with E-state index in [0.717, 1.165) is 23.9 Å². The summed E-state index contributed by atoms with van der Waals surface area (Å²) in [4.78, 5) is 5.65. The highest BCUT2D eigenvalue weighted by Crippen LogP contribution is 2.26. The minimum absolute atomic E-state index is 0.583. The minimum atomic E-state index is -2.28. The predicted octanol–water partition coefficient (Wildman–Crippen LogP) is 2.01. The van der Waals surface area contributed by atoms with Gasteiger partial charge in [-0.1, -0.05) is 0 Å². The van der Waals surface area contributed by atoms with Crippen LogP contribution < -0.4 is 4.72 Å². The van der Waals surface area contributed by atoms with Gasteiger partial charge in [-0.05, 0) is 56.6 Å². The van der Waals surface area contributed by atoms with E-state index >= 15 is 0 Å². The summed E-state index contributed by atoms with van der Waals surface area (Å²) in [6.07, 6.45) is 5.52. The number of benzene rings is 1. The highest BCUT2D eigenvalue weighted by atomic mass is 32.2. The molecule has 6 heteroatoms. The number of anilines is 1. The van der Waals surface area contributed by atoms with Gasteiger partial charge in [0.05, 0.1) is 0 Å². The van der Waals surface area contributed by atoms with Crippen molar-refractivity contribution >= 4 is 27.9 Å². The fourth-order valence-corrected chi connectivity index (χ4v) is 3.32. The molecule has 2 heterocycles. The first-order chi connectivity index (χ1) is 9.63. The quantitative estimate of drug-likeness (QED) is 0.847. The zero-order valence-corrected chi connectivity index (χ0v) is 12.2. The summed E-state index contributed by atoms with van der Waals surface area (Å²) in [5, 5.41) is 1.10. The van der Waals surface area contributed by atoms with Crippen molar-refractivity contribution in [2.24, 2.45) is 0 Å². The van der Waals surface area contributed by atoms with Crippen LogP contribution in [0.25, 0.3) is 10.9 Å². The number of rotatable bonds is 4. The molecule has 0 aliphatic carbocycles. The molecule has 2 N–H and O–H groups in total. The Bertz CT molecular complexity index is 640. The normalized spacial score (nSPS) is 21.4. The maximum atomic E-state index is 10.7. The van der Waals surface area contributed by atoms with E-state index < -0.39 is 11.3 Å². The number of fused-ring (bicyclic) bond motifs is 1. The first kappa shape index (κ1) is 13.6. The molecule has 1 fully saturated rings. The highest BCUT2D eigenvalue weighted by Gasteiger charge is 2.22. The second kappa shape index (κ2) is 5.55. The van der Waals surface area contributed by atoms with Crippen LogP contribution in [0.2, 0.25) is 0 Å². The number of nitrogens with zero attached hydrogens (tertiary/aromatic N) is 1. The number of nitrogens with one attached hydrogen (secondary N) is 2. The van der Waals surface area contributed by atoms with Crippen molar-refractivity contribution in [1.29, 1.82) is 0 Å². The van der Waals surface area contributed by atoms with Gasteiger partial charge in [0.1, 0.15) is 0 Å². The molecule has 5 nitrogen and oxygen atoms in total. The summed E-state index contributed by atoms with van der Waals surface area (Å²) < 4.78 is 23.9. The zero-order valence-electron chi connectivity index (χ0n) is 11.4. The van der Waals surface area contributed by atoms with Crippen molar-refractivity contribution in [2.45, 2.75) is 25.3 Å². The maximum Gasteiger partial charge on any atom is 0.0460 e. The number of aromatic nitrogens is 1. The van der Waals surface area contributed by atoms with Crippen molar-refractivity contribution < 1.29 is 8.76 Å². The molecule has 1 saturated heterocycles. The lowest BCUT2D eigenvalue weighted by molar-refractivity contribution is 0.310. The monoisotopic (exact) mass is 292 g/mol. The highest BCUT2D eigenvalue weighted by molar-refractivity contribution is 7.80. The lowest BCUT2D eigenvalue weighted by atomic mass is 10.0. The number of hydrogen-bond acceptors (Lipinski definition) is 3. The Morgan fingerprint density at radius 1 is 1.55 bits per heavy atom. The Balaban J connectivity index is 1.88. The molecule has 1 aromatic heterocycles. The van der Waals surface area contributed by atoms with Crippen LogP contribution in [0.1, 0.15) is 18.4 Å². The van der Waals surface area contributed by atoms with Crippen LogP contribution in [0.4, 0.5) is 5.69 Å². The van der Waals surface area contributed by atoms with Gasteiger partial charge in [-0.25, -0.2) is 0 Å². The standard InChI is InChI=1S/C14H19N3O2S/c1-17-6-2-3-12(17)7-10-9-15-14-5-4-11(8-13(10)14)16-20(18)19/h4-5,8-9,12,15-16H,2-3,6-7H2,1H3,(H,18,19)/p-1. The number of aromatic amines is 1. The van der Waals surface area contributed by atoms with Crippen molar-refractivity contribution in [3.05, 3.63) is 30.0 Å². The molecule has 0 spiro atoms. The molecule has 0 saturated carbocycles. The van der Waals surface area contributed by atoms with Gasteiger partial charge in [0.15, 0.2) is 0 Å². The van der Waals surface area contributed by atoms with Crippen LogP contribution in [0.3, 0.4) is 0 Å². The third kappa shape index (κ3) is 2.72. The third-order valence-corrected chi connectivity index (χ3v) is 4.50. The summed E-state index contributed by atoms with van der Waals surface area (Å²) >= 11 is -2.28. The van der Waals surface area contributed by atoms with E-state index in [0.29, 0.717) is 11.7 Å². The molecule has 1 aliphatic heterocycles. The smallest absolute Gasteiger partial charge is 0.0460 e. The second-order valence-electron chi connectivity index (χ2n) is 5.39. The SMILES string of the molecule is CN1CCCC1Cc1c[nH]c2ccc(NS(=O)[O-])cc12. The average Bonchev–Trinajstić information content (AvgIpc) is 2.97.